The Labute approximate surface area is 438 Å². The van der Waals surface area contributed by atoms with Gasteiger partial charge in [0.1, 0.15) is 36.8 Å². The molecule has 2 unspecified atom stereocenters. The van der Waals surface area contributed by atoms with E-state index in [1.165, 1.54) is 154 Å². The highest BCUT2D eigenvalue weighted by Gasteiger charge is 2.46. The van der Waals surface area contributed by atoms with Crippen LogP contribution in [0.4, 0.5) is 0 Å². The molecule has 1 aliphatic rings. The molecule has 0 amide bonds. The predicted octanol–water partition coefficient (Wildman–Crippen LogP) is 14.0. The lowest BCUT2D eigenvalue weighted by Gasteiger charge is -2.40. The van der Waals surface area contributed by atoms with E-state index in [4.69, 9.17) is 18.9 Å². The number of aliphatic hydroxyl groups excluding tert-OH is 3. The summed E-state index contributed by atoms with van der Waals surface area (Å²) in [6, 6.07) is 0. The van der Waals surface area contributed by atoms with Gasteiger partial charge < -0.3 is 34.3 Å². The fourth-order valence-electron chi connectivity index (χ4n) is 8.62. The van der Waals surface area contributed by atoms with E-state index in [0.717, 1.165) is 44.9 Å². The third-order valence-corrected chi connectivity index (χ3v) is 13.8. The Kier molecular flexibility index (Phi) is 44.9. The van der Waals surface area contributed by atoms with Crippen LogP contribution in [0.15, 0.2) is 60.8 Å². The van der Waals surface area contributed by atoms with Crippen LogP contribution in [0, 0.1) is 0 Å². The average Bonchev–Trinajstić information content (AvgIpc) is 3.35. The summed E-state index contributed by atoms with van der Waals surface area (Å²) >= 11 is 0. The van der Waals surface area contributed by atoms with Crippen LogP contribution in [0.1, 0.15) is 245 Å². The first-order valence-electron chi connectivity index (χ1n) is 28.8. The lowest BCUT2D eigenvalue weighted by molar-refractivity contribution is -0.297. The molecule has 1 heterocycles. The first-order chi connectivity index (χ1) is 35.0. The number of hydrogen-bond donors (Lipinski definition) is 4. The molecule has 0 aromatic carbocycles. The molecule has 12 nitrogen and oxygen atoms in total. The van der Waals surface area contributed by atoms with Crippen molar-refractivity contribution in [1.29, 1.82) is 0 Å². The summed E-state index contributed by atoms with van der Waals surface area (Å²) in [5, 5.41) is 31.0. The van der Waals surface area contributed by atoms with Crippen LogP contribution in [-0.4, -0.2) is 96.0 Å². The molecule has 0 aliphatic carbocycles. The van der Waals surface area contributed by atoms with Gasteiger partial charge in [0.05, 0.1) is 6.61 Å². The van der Waals surface area contributed by atoms with E-state index in [1.807, 2.05) is 12.2 Å². The zero-order valence-corrected chi connectivity index (χ0v) is 46.1. The molecule has 0 radical (unpaired) electrons. The van der Waals surface area contributed by atoms with Crippen LogP contribution >= 0.6 is 0 Å². The maximum Gasteiger partial charge on any atom is 0.306 e. The van der Waals surface area contributed by atoms with Crippen LogP contribution in [0.3, 0.4) is 0 Å². The Morgan fingerprint density at radius 1 is 0.472 bits per heavy atom. The molecule has 418 valence electrons. The van der Waals surface area contributed by atoms with Crippen LogP contribution in [0.5, 0.6) is 0 Å². The number of unbranched alkanes of at least 4 members (excludes halogenated alkanes) is 27. The van der Waals surface area contributed by atoms with Crippen LogP contribution in [-0.2, 0) is 38.7 Å². The second kappa shape index (κ2) is 48.0. The summed E-state index contributed by atoms with van der Waals surface area (Å²) in [7, 11) is -4.62. The van der Waals surface area contributed by atoms with Gasteiger partial charge in [0, 0.05) is 12.8 Å². The normalized spacial score (nSPS) is 19.2. The van der Waals surface area contributed by atoms with Gasteiger partial charge >= 0.3 is 11.9 Å². The first kappa shape index (κ1) is 67.4. The molecule has 1 fully saturated rings. The van der Waals surface area contributed by atoms with Gasteiger partial charge in [-0.15, -0.1) is 0 Å². The van der Waals surface area contributed by atoms with E-state index >= 15 is 0 Å². The minimum absolute atomic E-state index is 0.0820. The molecule has 0 bridgehead atoms. The lowest BCUT2D eigenvalue weighted by atomic mass is 10.00. The second-order valence-corrected chi connectivity index (χ2v) is 21.4. The van der Waals surface area contributed by atoms with E-state index in [0.29, 0.717) is 19.3 Å². The summed E-state index contributed by atoms with van der Waals surface area (Å²) in [4.78, 5) is 25.6. The number of carbonyl (C=O) groups is 2. The molecule has 0 saturated carbocycles. The highest BCUT2D eigenvalue weighted by molar-refractivity contribution is 7.85. The Morgan fingerprint density at radius 3 is 1.25 bits per heavy atom. The molecule has 0 aromatic heterocycles. The molecular formula is C59H104O12S. The number of carbonyl (C=O) groups excluding carboxylic acids is 2. The van der Waals surface area contributed by atoms with Crippen molar-refractivity contribution in [2.75, 3.05) is 19.0 Å². The highest BCUT2D eigenvalue weighted by Crippen LogP contribution is 2.24. The summed E-state index contributed by atoms with van der Waals surface area (Å²) < 4.78 is 54.3. The zero-order valence-electron chi connectivity index (χ0n) is 45.3. The van der Waals surface area contributed by atoms with Crippen LogP contribution < -0.4 is 0 Å². The smallest absolute Gasteiger partial charge is 0.306 e. The van der Waals surface area contributed by atoms with Crippen molar-refractivity contribution in [2.45, 2.75) is 282 Å². The number of esters is 2. The van der Waals surface area contributed by atoms with E-state index in [-0.39, 0.29) is 19.4 Å². The predicted molar refractivity (Wildman–Crippen MR) is 293 cm³/mol. The highest BCUT2D eigenvalue weighted by atomic mass is 32.2. The summed E-state index contributed by atoms with van der Waals surface area (Å²) in [6.07, 6.45) is 52.9. The minimum Gasteiger partial charge on any atom is -0.462 e. The van der Waals surface area contributed by atoms with Crippen molar-refractivity contribution in [3.63, 3.8) is 0 Å². The van der Waals surface area contributed by atoms with Crippen molar-refractivity contribution < 1.29 is 56.8 Å². The van der Waals surface area contributed by atoms with Gasteiger partial charge in [-0.25, -0.2) is 0 Å². The van der Waals surface area contributed by atoms with E-state index < -0.39 is 71.2 Å². The Hall–Kier alpha value is -2.65. The molecule has 4 N–H and O–H groups in total. The third kappa shape index (κ3) is 41.7. The van der Waals surface area contributed by atoms with Gasteiger partial charge in [0.25, 0.3) is 10.1 Å². The van der Waals surface area contributed by atoms with E-state index in [2.05, 4.69) is 62.5 Å². The summed E-state index contributed by atoms with van der Waals surface area (Å²) in [6.45, 7) is 3.73. The molecular weight excluding hydrogens is 933 g/mol. The van der Waals surface area contributed by atoms with Gasteiger partial charge in [-0.05, 0) is 70.6 Å². The Bertz CT molecular complexity index is 1540. The molecule has 0 aromatic rings. The summed E-state index contributed by atoms with van der Waals surface area (Å²) in [5.74, 6) is -2.09. The fourth-order valence-corrected chi connectivity index (χ4v) is 9.31. The topological polar surface area (TPSA) is 186 Å². The van der Waals surface area contributed by atoms with Gasteiger partial charge in [-0.3, -0.25) is 14.1 Å². The molecule has 6 atom stereocenters. The summed E-state index contributed by atoms with van der Waals surface area (Å²) in [5.41, 5.74) is 0. The van der Waals surface area contributed by atoms with Crippen molar-refractivity contribution in [1.82, 2.24) is 0 Å². The van der Waals surface area contributed by atoms with Gasteiger partial charge in [0.15, 0.2) is 12.4 Å². The Balaban J connectivity index is 2.37. The molecule has 1 rings (SSSR count). The second-order valence-electron chi connectivity index (χ2n) is 19.9. The standard InChI is InChI=1S/C59H104O12S/c1-3-5-7-9-11-13-15-17-19-21-23-25-26-28-29-31-33-35-37-39-41-43-45-47-54(60)68-49-52(50-69-59-58(64)57(63)56(62)53(71-59)51-72(65,66)67)70-55(61)48-46-44-42-40-38-36-34-32-30-27-24-22-20-18-16-14-12-10-8-6-4-2/h20,22,27,30,34,36,39-42,52-53,56-59,62-64H,3-19,21,23-26,28-29,31-33,35,37-38,43-51H2,1-2H3,(H,65,66,67)/b22-20+,30-27+,36-34+,41-39+,42-40+/t52-,53-,56-,57?,58?,59+/m1/s1. The fraction of sp³-hybridized carbons (Fsp3) is 0.797. The van der Waals surface area contributed by atoms with Gasteiger partial charge in [-0.2, -0.15) is 8.42 Å². The van der Waals surface area contributed by atoms with Crippen LogP contribution in [0.2, 0.25) is 0 Å². The number of allylic oxidation sites excluding steroid dienone is 10. The van der Waals surface area contributed by atoms with Gasteiger partial charge in [0.2, 0.25) is 0 Å². The first-order valence-corrected chi connectivity index (χ1v) is 30.5. The molecule has 1 aliphatic heterocycles. The number of hydrogen-bond acceptors (Lipinski definition) is 11. The van der Waals surface area contributed by atoms with Crippen LogP contribution in [0.25, 0.3) is 0 Å². The van der Waals surface area contributed by atoms with Crippen molar-refractivity contribution >= 4 is 22.1 Å². The van der Waals surface area contributed by atoms with Crippen molar-refractivity contribution in [3.05, 3.63) is 60.8 Å². The van der Waals surface area contributed by atoms with Crippen molar-refractivity contribution in [2.24, 2.45) is 0 Å². The maximum absolute atomic E-state index is 12.9. The molecule has 13 heteroatoms. The Morgan fingerprint density at radius 2 is 0.833 bits per heavy atom. The van der Waals surface area contributed by atoms with E-state index in [1.54, 1.807) is 0 Å². The van der Waals surface area contributed by atoms with Crippen molar-refractivity contribution in [3.8, 4) is 0 Å². The number of ether oxygens (including phenoxy) is 4. The SMILES string of the molecule is CCCCCCCCC/C=C/C/C=C/C/C=C/C/C=C/CCCC(=O)O[C@H](COC(=O)CCC/C=C/CCCCCCCCCCCCCCCCCCCC)CO[C@H]1O[C@H](CS(=O)(=O)O)[C@@H](O)C(O)C1O. The quantitative estimate of drug-likeness (QED) is 0.0196. The lowest BCUT2D eigenvalue weighted by Crippen LogP contribution is -2.60. The largest absolute Gasteiger partial charge is 0.462 e. The minimum atomic E-state index is -4.62. The maximum atomic E-state index is 12.9. The number of aliphatic hydroxyl groups is 3. The molecule has 1 saturated heterocycles. The number of rotatable bonds is 49. The molecule has 0 spiro atoms. The monoisotopic (exact) mass is 1040 g/mol. The third-order valence-electron chi connectivity index (χ3n) is 13.1. The average molecular weight is 1040 g/mol. The van der Waals surface area contributed by atoms with Gasteiger partial charge in [-0.1, -0.05) is 222 Å². The van der Waals surface area contributed by atoms with E-state index in [9.17, 15) is 37.9 Å². The zero-order chi connectivity index (χ0) is 52.6. The molecule has 72 heavy (non-hydrogen) atoms.